The van der Waals surface area contributed by atoms with Gasteiger partial charge < -0.3 is 11.1 Å². The summed E-state index contributed by atoms with van der Waals surface area (Å²) in [6.45, 7) is 8.73. The maximum atomic E-state index is 5.91. The van der Waals surface area contributed by atoms with Crippen molar-refractivity contribution in [3.8, 4) is 0 Å². The SMILES string of the molecule is CCCCCCNC(N)=NCC(CC)N1CCCC1.I. The number of hydrogen-bond acceptors (Lipinski definition) is 2. The minimum absolute atomic E-state index is 0. The highest BCUT2D eigenvalue weighted by atomic mass is 127. The van der Waals surface area contributed by atoms with Gasteiger partial charge in [0.25, 0.3) is 0 Å². The molecular formula is C15H33IN4. The molecule has 1 atom stereocenters. The number of aliphatic imine (C=N–C) groups is 1. The van der Waals surface area contributed by atoms with Crippen molar-refractivity contribution in [2.75, 3.05) is 26.2 Å². The van der Waals surface area contributed by atoms with Crippen LogP contribution >= 0.6 is 24.0 Å². The summed E-state index contributed by atoms with van der Waals surface area (Å²) >= 11 is 0. The van der Waals surface area contributed by atoms with E-state index in [1.807, 2.05) is 0 Å². The van der Waals surface area contributed by atoms with Gasteiger partial charge in [0.05, 0.1) is 6.54 Å². The summed E-state index contributed by atoms with van der Waals surface area (Å²) in [7, 11) is 0. The molecule has 1 aliphatic rings. The van der Waals surface area contributed by atoms with Gasteiger partial charge in [0.2, 0.25) is 0 Å². The third-order valence-corrected chi connectivity index (χ3v) is 3.94. The third kappa shape index (κ3) is 8.29. The van der Waals surface area contributed by atoms with Crippen molar-refractivity contribution in [3.05, 3.63) is 0 Å². The number of nitrogens with zero attached hydrogens (tertiary/aromatic N) is 2. The first-order valence-corrected chi connectivity index (χ1v) is 8.05. The van der Waals surface area contributed by atoms with Crippen molar-refractivity contribution in [2.24, 2.45) is 10.7 Å². The molecule has 1 unspecified atom stereocenters. The number of hydrogen-bond donors (Lipinski definition) is 2. The first kappa shape index (κ1) is 20.0. The van der Waals surface area contributed by atoms with E-state index in [1.54, 1.807) is 0 Å². The Morgan fingerprint density at radius 2 is 1.90 bits per heavy atom. The quantitative estimate of drug-likeness (QED) is 0.273. The molecule has 0 spiro atoms. The van der Waals surface area contributed by atoms with Crippen molar-refractivity contribution in [3.63, 3.8) is 0 Å². The van der Waals surface area contributed by atoms with Crippen LogP contribution in [0.2, 0.25) is 0 Å². The van der Waals surface area contributed by atoms with Crippen molar-refractivity contribution < 1.29 is 0 Å². The summed E-state index contributed by atoms with van der Waals surface area (Å²) < 4.78 is 0. The highest BCUT2D eigenvalue weighted by molar-refractivity contribution is 14.0. The molecule has 3 N–H and O–H groups in total. The molecule has 1 rings (SSSR count). The smallest absolute Gasteiger partial charge is 0.188 e. The standard InChI is InChI=1S/C15H32N4.HI/c1-3-5-6-7-10-17-15(16)18-13-14(4-2)19-11-8-9-12-19;/h14H,3-13H2,1-2H3,(H3,16,17,18);1H. The molecule has 1 saturated heterocycles. The van der Waals surface area contributed by atoms with Gasteiger partial charge in [-0.25, -0.2) is 0 Å². The third-order valence-electron chi connectivity index (χ3n) is 3.94. The van der Waals surface area contributed by atoms with Gasteiger partial charge in [-0.15, -0.1) is 24.0 Å². The van der Waals surface area contributed by atoms with Gasteiger partial charge in [0, 0.05) is 12.6 Å². The summed E-state index contributed by atoms with van der Waals surface area (Å²) in [5, 5.41) is 3.22. The normalized spacial score (nSPS) is 17.8. The van der Waals surface area contributed by atoms with E-state index in [1.165, 1.54) is 51.6 Å². The van der Waals surface area contributed by atoms with Gasteiger partial charge in [-0.1, -0.05) is 33.1 Å². The van der Waals surface area contributed by atoms with Gasteiger partial charge in [-0.3, -0.25) is 9.89 Å². The van der Waals surface area contributed by atoms with Crippen LogP contribution in [0.4, 0.5) is 0 Å². The lowest BCUT2D eigenvalue weighted by Crippen LogP contribution is -2.37. The molecule has 5 heteroatoms. The van der Waals surface area contributed by atoms with E-state index in [2.05, 4.69) is 29.1 Å². The van der Waals surface area contributed by atoms with Crippen LogP contribution in [0.5, 0.6) is 0 Å². The van der Waals surface area contributed by atoms with Crippen molar-refractivity contribution >= 4 is 29.9 Å². The summed E-state index contributed by atoms with van der Waals surface area (Å²) in [5.41, 5.74) is 5.91. The number of halogens is 1. The molecule has 0 radical (unpaired) electrons. The highest BCUT2D eigenvalue weighted by Crippen LogP contribution is 2.14. The Bertz CT molecular complexity index is 252. The topological polar surface area (TPSA) is 53.6 Å². The van der Waals surface area contributed by atoms with Gasteiger partial charge >= 0.3 is 0 Å². The van der Waals surface area contributed by atoms with Crippen molar-refractivity contribution in [1.82, 2.24) is 10.2 Å². The Balaban J connectivity index is 0.00000361. The molecule has 0 aromatic carbocycles. The van der Waals surface area contributed by atoms with Crippen LogP contribution in [0.15, 0.2) is 4.99 Å². The molecule has 4 nitrogen and oxygen atoms in total. The lowest BCUT2D eigenvalue weighted by molar-refractivity contribution is 0.242. The molecule has 1 heterocycles. The molecule has 120 valence electrons. The zero-order valence-corrected chi connectivity index (χ0v) is 15.6. The van der Waals surface area contributed by atoms with E-state index in [0.717, 1.165) is 19.5 Å². The number of nitrogens with one attached hydrogen (secondary N) is 1. The molecule has 0 aromatic rings. The summed E-state index contributed by atoms with van der Waals surface area (Å²) in [4.78, 5) is 7.05. The van der Waals surface area contributed by atoms with Crippen LogP contribution in [0.3, 0.4) is 0 Å². The van der Waals surface area contributed by atoms with E-state index < -0.39 is 0 Å². The minimum Gasteiger partial charge on any atom is -0.370 e. The molecule has 0 aromatic heterocycles. The Labute approximate surface area is 142 Å². The predicted octanol–water partition coefficient (Wildman–Crippen LogP) is 2.96. The van der Waals surface area contributed by atoms with Crippen LogP contribution in [-0.4, -0.2) is 43.1 Å². The Hall–Kier alpha value is -0.0400. The molecule has 20 heavy (non-hydrogen) atoms. The van der Waals surface area contributed by atoms with Crippen molar-refractivity contribution in [1.29, 1.82) is 0 Å². The maximum Gasteiger partial charge on any atom is 0.188 e. The zero-order chi connectivity index (χ0) is 13.9. The minimum atomic E-state index is 0. The largest absolute Gasteiger partial charge is 0.370 e. The summed E-state index contributed by atoms with van der Waals surface area (Å²) in [6, 6.07) is 0.572. The van der Waals surface area contributed by atoms with Crippen LogP contribution in [0, 0.1) is 0 Å². The molecule has 0 aliphatic carbocycles. The average molecular weight is 396 g/mol. The van der Waals surface area contributed by atoms with E-state index in [4.69, 9.17) is 5.73 Å². The molecular weight excluding hydrogens is 363 g/mol. The van der Waals surface area contributed by atoms with Crippen molar-refractivity contribution in [2.45, 2.75) is 64.8 Å². The molecule has 1 fully saturated rings. The van der Waals surface area contributed by atoms with Gasteiger partial charge in [0.1, 0.15) is 0 Å². The number of nitrogens with two attached hydrogens (primary N) is 1. The van der Waals surface area contributed by atoms with Gasteiger partial charge in [-0.2, -0.15) is 0 Å². The highest BCUT2D eigenvalue weighted by Gasteiger charge is 2.19. The van der Waals surface area contributed by atoms with E-state index in [9.17, 15) is 0 Å². The van der Waals surface area contributed by atoms with Crippen LogP contribution < -0.4 is 11.1 Å². The second-order valence-electron chi connectivity index (χ2n) is 5.52. The van der Waals surface area contributed by atoms with E-state index in [0.29, 0.717) is 12.0 Å². The van der Waals surface area contributed by atoms with Crippen LogP contribution in [0.25, 0.3) is 0 Å². The van der Waals surface area contributed by atoms with Gasteiger partial charge in [-0.05, 0) is 38.8 Å². The first-order valence-electron chi connectivity index (χ1n) is 8.05. The van der Waals surface area contributed by atoms with Crippen LogP contribution in [0.1, 0.15) is 58.8 Å². The number of rotatable bonds is 9. The Kier molecular flexibility index (Phi) is 12.7. The summed E-state index contributed by atoms with van der Waals surface area (Å²) in [5.74, 6) is 0.620. The Morgan fingerprint density at radius 3 is 2.50 bits per heavy atom. The maximum absolute atomic E-state index is 5.91. The van der Waals surface area contributed by atoms with E-state index in [-0.39, 0.29) is 24.0 Å². The fraction of sp³-hybridized carbons (Fsp3) is 0.933. The monoisotopic (exact) mass is 396 g/mol. The fourth-order valence-corrected chi connectivity index (χ4v) is 2.64. The first-order chi connectivity index (χ1) is 9.27. The second kappa shape index (κ2) is 12.7. The summed E-state index contributed by atoms with van der Waals surface area (Å²) in [6.07, 6.45) is 8.89. The lowest BCUT2D eigenvalue weighted by Gasteiger charge is -2.24. The predicted molar refractivity (Wildman–Crippen MR) is 98.9 cm³/mol. The fourth-order valence-electron chi connectivity index (χ4n) is 2.64. The Morgan fingerprint density at radius 1 is 1.20 bits per heavy atom. The number of unbranched alkanes of at least 4 members (excludes halogenated alkanes) is 3. The molecule has 0 saturated carbocycles. The molecule has 1 aliphatic heterocycles. The van der Waals surface area contributed by atoms with Crippen LogP contribution in [-0.2, 0) is 0 Å². The molecule has 0 amide bonds. The number of guanidine groups is 1. The number of likely N-dealkylation sites (tertiary alicyclic amines) is 1. The lowest BCUT2D eigenvalue weighted by atomic mass is 10.2. The zero-order valence-electron chi connectivity index (χ0n) is 13.2. The average Bonchev–Trinajstić information content (AvgIpc) is 2.93. The van der Waals surface area contributed by atoms with E-state index >= 15 is 0 Å². The second-order valence-corrected chi connectivity index (χ2v) is 5.52. The van der Waals surface area contributed by atoms with Gasteiger partial charge in [0.15, 0.2) is 5.96 Å². The molecule has 0 bridgehead atoms.